The quantitative estimate of drug-likeness (QED) is 0.338. The fourth-order valence-corrected chi connectivity index (χ4v) is 5.74. The SMILES string of the molecule is Cc1cccc(CN(C(=O)CN(c2ccccc2C)S(=O)(=O)c2ccc(Cl)cc2)C(C)C(=O)NCC(C)C)c1. The second-order valence-corrected chi connectivity index (χ2v) is 12.4. The van der Waals surface area contributed by atoms with Crippen LogP contribution in [0.25, 0.3) is 0 Å². The molecule has 3 aromatic carbocycles. The molecule has 208 valence electrons. The zero-order valence-electron chi connectivity index (χ0n) is 23.0. The number of halogens is 1. The predicted octanol–water partition coefficient (Wildman–Crippen LogP) is 5.34. The highest BCUT2D eigenvalue weighted by Gasteiger charge is 2.33. The Labute approximate surface area is 236 Å². The van der Waals surface area contributed by atoms with Crippen molar-refractivity contribution in [3.8, 4) is 0 Å². The number of carbonyl (C=O) groups excluding carboxylic acids is 2. The van der Waals surface area contributed by atoms with Crippen LogP contribution in [0.1, 0.15) is 37.5 Å². The van der Waals surface area contributed by atoms with Crippen LogP contribution in [0, 0.1) is 19.8 Å². The maximum atomic E-state index is 14.0. The summed E-state index contributed by atoms with van der Waals surface area (Å²) in [6.45, 7) is 9.52. The molecule has 0 aromatic heterocycles. The summed E-state index contributed by atoms with van der Waals surface area (Å²) in [6, 6.07) is 19.7. The molecule has 0 heterocycles. The molecule has 3 aromatic rings. The highest BCUT2D eigenvalue weighted by molar-refractivity contribution is 7.92. The Kier molecular flexibility index (Phi) is 10.2. The molecule has 0 bridgehead atoms. The lowest BCUT2D eigenvalue weighted by Gasteiger charge is -2.32. The number of rotatable bonds is 11. The molecule has 9 heteroatoms. The zero-order chi connectivity index (χ0) is 28.7. The van der Waals surface area contributed by atoms with Gasteiger partial charge in [0.2, 0.25) is 11.8 Å². The first-order valence-electron chi connectivity index (χ1n) is 12.9. The van der Waals surface area contributed by atoms with E-state index in [1.807, 2.05) is 45.0 Å². The van der Waals surface area contributed by atoms with Crippen LogP contribution in [0.4, 0.5) is 5.69 Å². The van der Waals surface area contributed by atoms with Gasteiger partial charge in [0, 0.05) is 18.1 Å². The van der Waals surface area contributed by atoms with Crippen LogP contribution in [0.2, 0.25) is 5.02 Å². The molecule has 0 spiro atoms. The lowest BCUT2D eigenvalue weighted by molar-refractivity contribution is -0.139. The summed E-state index contributed by atoms with van der Waals surface area (Å²) in [7, 11) is -4.14. The summed E-state index contributed by atoms with van der Waals surface area (Å²) >= 11 is 6.00. The largest absolute Gasteiger partial charge is 0.354 e. The highest BCUT2D eigenvalue weighted by Crippen LogP contribution is 2.28. The van der Waals surface area contributed by atoms with Gasteiger partial charge >= 0.3 is 0 Å². The van der Waals surface area contributed by atoms with Crippen molar-refractivity contribution in [3.63, 3.8) is 0 Å². The van der Waals surface area contributed by atoms with Crippen molar-refractivity contribution in [1.29, 1.82) is 0 Å². The molecule has 7 nitrogen and oxygen atoms in total. The molecule has 0 fully saturated rings. The number of amides is 2. The monoisotopic (exact) mass is 569 g/mol. The van der Waals surface area contributed by atoms with Gasteiger partial charge in [0.25, 0.3) is 10.0 Å². The van der Waals surface area contributed by atoms with E-state index in [-0.39, 0.29) is 23.3 Å². The predicted molar refractivity (Wildman–Crippen MR) is 156 cm³/mol. The number of carbonyl (C=O) groups is 2. The Morgan fingerprint density at radius 3 is 2.21 bits per heavy atom. The number of anilines is 1. The van der Waals surface area contributed by atoms with Crippen molar-refractivity contribution in [3.05, 3.63) is 94.5 Å². The van der Waals surface area contributed by atoms with Crippen LogP contribution < -0.4 is 9.62 Å². The summed E-state index contributed by atoms with van der Waals surface area (Å²) in [5.74, 6) is -0.555. The summed E-state index contributed by atoms with van der Waals surface area (Å²) in [4.78, 5) is 28.5. The molecule has 0 radical (unpaired) electrons. The number of nitrogens with one attached hydrogen (secondary N) is 1. The third-order valence-corrected chi connectivity index (χ3v) is 8.38. The van der Waals surface area contributed by atoms with Gasteiger partial charge in [-0.15, -0.1) is 0 Å². The lowest BCUT2D eigenvalue weighted by atomic mass is 10.1. The molecule has 1 atom stereocenters. The van der Waals surface area contributed by atoms with E-state index in [0.29, 0.717) is 22.8 Å². The van der Waals surface area contributed by atoms with E-state index in [1.54, 1.807) is 38.1 Å². The third kappa shape index (κ3) is 7.83. The van der Waals surface area contributed by atoms with Crippen LogP contribution >= 0.6 is 11.6 Å². The van der Waals surface area contributed by atoms with Crippen LogP contribution in [0.15, 0.2) is 77.7 Å². The number of nitrogens with zero attached hydrogens (tertiary/aromatic N) is 2. The number of hydrogen-bond donors (Lipinski definition) is 1. The molecule has 3 rings (SSSR count). The summed E-state index contributed by atoms with van der Waals surface area (Å²) in [5.41, 5.74) is 2.93. The number of aryl methyl sites for hydroxylation is 2. The molecular formula is C30H36ClN3O4S. The molecule has 39 heavy (non-hydrogen) atoms. The van der Waals surface area contributed by atoms with E-state index in [4.69, 9.17) is 11.6 Å². The first-order valence-corrected chi connectivity index (χ1v) is 14.7. The first kappa shape index (κ1) is 30.2. The highest BCUT2D eigenvalue weighted by atomic mass is 35.5. The van der Waals surface area contributed by atoms with Gasteiger partial charge in [0.15, 0.2) is 0 Å². The smallest absolute Gasteiger partial charge is 0.264 e. The topological polar surface area (TPSA) is 86.8 Å². The van der Waals surface area contributed by atoms with Gasteiger partial charge in [-0.1, -0.05) is 73.5 Å². The van der Waals surface area contributed by atoms with Crippen LogP contribution in [-0.4, -0.2) is 44.3 Å². The molecule has 0 aliphatic heterocycles. The normalized spacial score (nSPS) is 12.2. The Morgan fingerprint density at radius 1 is 0.923 bits per heavy atom. The Balaban J connectivity index is 2.02. The Morgan fingerprint density at radius 2 is 1.59 bits per heavy atom. The van der Waals surface area contributed by atoms with Gasteiger partial charge in [0.1, 0.15) is 12.6 Å². The molecule has 0 aliphatic carbocycles. The lowest BCUT2D eigenvalue weighted by Crippen LogP contribution is -2.51. The van der Waals surface area contributed by atoms with Crippen molar-refractivity contribution in [1.82, 2.24) is 10.2 Å². The number of para-hydroxylation sites is 1. The Hall–Kier alpha value is -3.36. The van der Waals surface area contributed by atoms with Gasteiger partial charge in [-0.25, -0.2) is 8.42 Å². The third-order valence-electron chi connectivity index (χ3n) is 6.35. The standard InChI is InChI=1S/C30H36ClN3O4S/c1-21(2)18-32-30(36)24(5)33(19-25-11-8-9-22(3)17-25)29(35)20-34(28-12-7-6-10-23(28)4)39(37,38)27-15-13-26(31)14-16-27/h6-17,21,24H,18-20H2,1-5H3,(H,32,36). The molecule has 1 unspecified atom stereocenters. The molecular weight excluding hydrogens is 534 g/mol. The second kappa shape index (κ2) is 13.1. The molecule has 0 saturated carbocycles. The van der Waals surface area contributed by atoms with Crippen molar-refractivity contribution < 1.29 is 18.0 Å². The van der Waals surface area contributed by atoms with Gasteiger partial charge in [-0.2, -0.15) is 0 Å². The minimum atomic E-state index is -4.14. The fraction of sp³-hybridized carbons (Fsp3) is 0.333. The second-order valence-electron chi connectivity index (χ2n) is 10.1. The molecule has 1 N–H and O–H groups in total. The van der Waals surface area contributed by atoms with Gasteiger partial charge in [-0.3, -0.25) is 13.9 Å². The maximum absolute atomic E-state index is 14.0. The number of benzene rings is 3. The molecule has 0 aliphatic rings. The summed E-state index contributed by atoms with van der Waals surface area (Å²) in [6.07, 6.45) is 0. The zero-order valence-corrected chi connectivity index (χ0v) is 24.6. The average Bonchev–Trinajstić information content (AvgIpc) is 2.89. The number of sulfonamides is 1. The minimum absolute atomic E-state index is 0.0101. The maximum Gasteiger partial charge on any atom is 0.264 e. The van der Waals surface area contributed by atoms with E-state index in [1.165, 1.54) is 29.2 Å². The van der Waals surface area contributed by atoms with Crippen LogP contribution in [0.5, 0.6) is 0 Å². The van der Waals surface area contributed by atoms with E-state index in [9.17, 15) is 18.0 Å². The van der Waals surface area contributed by atoms with Crippen molar-refractivity contribution in [2.75, 3.05) is 17.4 Å². The molecule has 0 saturated heterocycles. The minimum Gasteiger partial charge on any atom is -0.354 e. The van der Waals surface area contributed by atoms with E-state index < -0.39 is 28.5 Å². The fourth-order valence-electron chi connectivity index (χ4n) is 4.13. The van der Waals surface area contributed by atoms with Gasteiger partial charge in [0.05, 0.1) is 10.6 Å². The van der Waals surface area contributed by atoms with E-state index in [2.05, 4.69) is 5.32 Å². The average molecular weight is 570 g/mol. The van der Waals surface area contributed by atoms with Crippen molar-refractivity contribution in [2.45, 2.75) is 52.1 Å². The van der Waals surface area contributed by atoms with E-state index >= 15 is 0 Å². The number of hydrogen-bond acceptors (Lipinski definition) is 4. The molecule has 2 amide bonds. The van der Waals surface area contributed by atoms with Crippen molar-refractivity contribution >= 4 is 39.1 Å². The van der Waals surface area contributed by atoms with E-state index in [0.717, 1.165) is 15.4 Å². The van der Waals surface area contributed by atoms with Crippen LogP contribution in [0.3, 0.4) is 0 Å². The van der Waals surface area contributed by atoms with Gasteiger partial charge < -0.3 is 10.2 Å². The summed E-state index contributed by atoms with van der Waals surface area (Å²) in [5, 5.41) is 3.29. The first-order chi connectivity index (χ1) is 18.4. The Bertz CT molecular complexity index is 1410. The van der Waals surface area contributed by atoms with Gasteiger partial charge in [-0.05, 0) is 68.1 Å². The van der Waals surface area contributed by atoms with Crippen LogP contribution in [-0.2, 0) is 26.2 Å². The van der Waals surface area contributed by atoms with Crippen molar-refractivity contribution in [2.24, 2.45) is 5.92 Å². The summed E-state index contributed by atoms with van der Waals surface area (Å²) < 4.78 is 28.8.